The Morgan fingerprint density at radius 2 is 1.48 bits per heavy atom. The minimum atomic E-state index is -1.10. The van der Waals surface area contributed by atoms with Gasteiger partial charge in [-0.3, -0.25) is 19.7 Å². The fourth-order valence-corrected chi connectivity index (χ4v) is 2.45. The van der Waals surface area contributed by atoms with Crippen molar-refractivity contribution in [3.8, 4) is 0 Å². The molecule has 0 aliphatic carbocycles. The lowest BCUT2D eigenvalue weighted by molar-refractivity contribution is -0.143. The van der Waals surface area contributed by atoms with Gasteiger partial charge < -0.3 is 15.5 Å². The lowest BCUT2D eigenvalue weighted by Gasteiger charge is -2.22. The highest BCUT2D eigenvalue weighted by molar-refractivity contribution is 5.94. The highest BCUT2D eigenvalue weighted by Gasteiger charge is 2.27. The number of carbonyl (C=O) groups is 3. The lowest BCUT2D eigenvalue weighted by Crippen LogP contribution is -2.48. The van der Waals surface area contributed by atoms with E-state index in [1.165, 1.54) is 0 Å². The summed E-state index contributed by atoms with van der Waals surface area (Å²) < 4.78 is 0. The number of rotatable bonds is 9. The quantitative estimate of drug-likeness (QED) is 0.525. The molecular formula is C20H30N2O5. The molecule has 1 amide bonds. The highest BCUT2D eigenvalue weighted by atomic mass is 16.4. The van der Waals surface area contributed by atoms with Crippen LogP contribution < -0.4 is 10.6 Å². The largest absolute Gasteiger partial charge is 0.480 e. The summed E-state index contributed by atoms with van der Waals surface area (Å²) in [6.45, 7) is 9.22. The van der Waals surface area contributed by atoms with Gasteiger partial charge in [-0.25, -0.2) is 0 Å². The number of anilines is 1. The van der Waals surface area contributed by atoms with Crippen molar-refractivity contribution in [2.45, 2.75) is 59.5 Å². The Morgan fingerprint density at radius 1 is 0.963 bits per heavy atom. The first-order valence-corrected chi connectivity index (χ1v) is 9.02. The zero-order valence-corrected chi connectivity index (χ0v) is 16.6. The van der Waals surface area contributed by atoms with Crippen LogP contribution in [-0.4, -0.2) is 40.1 Å². The van der Waals surface area contributed by atoms with Crippen LogP contribution in [0.15, 0.2) is 24.3 Å². The summed E-state index contributed by atoms with van der Waals surface area (Å²) in [6, 6.07) is 4.94. The highest BCUT2D eigenvalue weighted by Crippen LogP contribution is 2.18. The van der Waals surface area contributed by atoms with Crippen LogP contribution in [0.5, 0.6) is 0 Å². The van der Waals surface area contributed by atoms with E-state index < -0.39 is 29.4 Å². The lowest BCUT2D eigenvalue weighted by atomic mass is 9.95. The second-order valence-electron chi connectivity index (χ2n) is 8.18. The Kier molecular flexibility index (Phi) is 7.97. The first kappa shape index (κ1) is 22.6. The average molecular weight is 378 g/mol. The van der Waals surface area contributed by atoms with Crippen LogP contribution in [0.3, 0.4) is 0 Å². The number of carboxylic acids is 2. The van der Waals surface area contributed by atoms with E-state index in [2.05, 4.69) is 10.6 Å². The summed E-state index contributed by atoms with van der Waals surface area (Å²) in [5.41, 5.74) is 0.846. The minimum Gasteiger partial charge on any atom is -0.480 e. The summed E-state index contributed by atoms with van der Waals surface area (Å²) >= 11 is 0. The van der Waals surface area contributed by atoms with Gasteiger partial charge in [0.25, 0.3) is 0 Å². The molecule has 27 heavy (non-hydrogen) atoms. The Labute approximate surface area is 160 Å². The van der Waals surface area contributed by atoms with E-state index in [-0.39, 0.29) is 18.2 Å². The number of nitrogens with one attached hydrogen (secondary N) is 2. The Bertz CT molecular complexity index is 662. The van der Waals surface area contributed by atoms with Gasteiger partial charge in [0, 0.05) is 11.1 Å². The van der Waals surface area contributed by atoms with Gasteiger partial charge in [0.15, 0.2) is 0 Å². The predicted octanol–water partition coefficient (Wildman–Crippen LogP) is 2.76. The molecule has 0 radical (unpaired) electrons. The van der Waals surface area contributed by atoms with Crippen LogP contribution in [0, 0.1) is 11.3 Å². The van der Waals surface area contributed by atoms with Crippen molar-refractivity contribution in [3.05, 3.63) is 29.8 Å². The summed E-state index contributed by atoms with van der Waals surface area (Å²) in [5, 5.41) is 24.3. The fraction of sp³-hybridized carbons (Fsp3) is 0.550. The van der Waals surface area contributed by atoms with Gasteiger partial charge in [-0.15, -0.1) is 0 Å². The SMILES string of the molecule is CC(C)C[C@H](N[C@@H](Cc1ccc(NC(=O)C(C)(C)C)cc1)C(=O)O)C(=O)O. The van der Waals surface area contributed by atoms with Crippen molar-refractivity contribution < 1.29 is 24.6 Å². The van der Waals surface area contributed by atoms with Gasteiger partial charge in [-0.1, -0.05) is 46.8 Å². The second kappa shape index (κ2) is 9.50. The van der Waals surface area contributed by atoms with E-state index in [1.54, 1.807) is 24.3 Å². The van der Waals surface area contributed by atoms with Crippen molar-refractivity contribution in [3.63, 3.8) is 0 Å². The van der Waals surface area contributed by atoms with E-state index in [0.29, 0.717) is 12.1 Å². The van der Waals surface area contributed by atoms with E-state index in [1.807, 2.05) is 34.6 Å². The molecule has 0 spiro atoms. The zero-order chi connectivity index (χ0) is 20.8. The van der Waals surface area contributed by atoms with E-state index in [4.69, 9.17) is 0 Å². The van der Waals surface area contributed by atoms with Crippen LogP contribution in [0.1, 0.15) is 46.6 Å². The van der Waals surface area contributed by atoms with Crippen molar-refractivity contribution in [1.29, 1.82) is 0 Å². The van der Waals surface area contributed by atoms with Crippen LogP contribution >= 0.6 is 0 Å². The number of benzene rings is 1. The fourth-order valence-electron chi connectivity index (χ4n) is 2.45. The molecule has 0 heterocycles. The topological polar surface area (TPSA) is 116 Å². The molecule has 1 rings (SSSR count). The molecular weight excluding hydrogens is 348 g/mol. The van der Waals surface area contributed by atoms with Gasteiger partial charge in [0.05, 0.1) is 0 Å². The predicted molar refractivity (Wildman–Crippen MR) is 104 cm³/mol. The minimum absolute atomic E-state index is 0.113. The molecule has 0 saturated carbocycles. The van der Waals surface area contributed by atoms with E-state index in [0.717, 1.165) is 5.56 Å². The number of amides is 1. The van der Waals surface area contributed by atoms with Crippen LogP contribution in [0.25, 0.3) is 0 Å². The van der Waals surface area contributed by atoms with Crippen molar-refractivity contribution in [2.75, 3.05) is 5.32 Å². The molecule has 4 N–H and O–H groups in total. The van der Waals surface area contributed by atoms with Gasteiger partial charge >= 0.3 is 11.9 Å². The molecule has 0 aliphatic rings. The maximum absolute atomic E-state index is 12.0. The summed E-state index contributed by atoms with van der Waals surface area (Å²) in [5.74, 6) is -2.15. The maximum atomic E-state index is 12.0. The molecule has 0 unspecified atom stereocenters. The van der Waals surface area contributed by atoms with Crippen molar-refractivity contribution in [1.82, 2.24) is 5.32 Å². The third kappa shape index (κ3) is 7.78. The van der Waals surface area contributed by atoms with Gasteiger partial charge in [0.2, 0.25) is 5.91 Å². The Morgan fingerprint density at radius 3 is 1.89 bits per heavy atom. The number of hydrogen-bond acceptors (Lipinski definition) is 4. The molecule has 7 nitrogen and oxygen atoms in total. The molecule has 1 aromatic carbocycles. The average Bonchev–Trinajstić information content (AvgIpc) is 2.53. The molecule has 0 fully saturated rings. The molecule has 150 valence electrons. The first-order chi connectivity index (χ1) is 12.4. The Balaban J connectivity index is 2.81. The second-order valence-corrected chi connectivity index (χ2v) is 8.18. The summed E-state index contributed by atoms with van der Waals surface area (Å²) in [6.07, 6.45) is 0.488. The molecule has 1 aromatic rings. The van der Waals surface area contributed by atoms with Crippen LogP contribution in [0.4, 0.5) is 5.69 Å². The van der Waals surface area contributed by atoms with Crippen LogP contribution in [-0.2, 0) is 20.8 Å². The first-order valence-electron chi connectivity index (χ1n) is 9.02. The van der Waals surface area contributed by atoms with E-state index >= 15 is 0 Å². The number of aliphatic carboxylic acids is 2. The number of hydrogen-bond donors (Lipinski definition) is 4. The normalized spacial score (nSPS) is 13.9. The standard InChI is InChI=1S/C20H30N2O5/c1-12(2)10-15(17(23)24)22-16(18(25)26)11-13-6-8-14(9-7-13)21-19(27)20(3,4)5/h6-9,12,15-16,22H,10-11H2,1-5H3,(H,21,27)(H,23,24)(H,25,26)/t15-,16-/m0/s1. The van der Waals surface area contributed by atoms with E-state index in [9.17, 15) is 24.6 Å². The van der Waals surface area contributed by atoms with Crippen molar-refractivity contribution in [2.24, 2.45) is 11.3 Å². The molecule has 0 saturated heterocycles. The van der Waals surface area contributed by atoms with Gasteiger partial charge in [-0.05, 0) is 36.5 Å². The summed E-state index contributed by atoms with van der Waals surface area (Å²) in [4.78, 5) is 34.9. The van der Waals surface area contributed by atoms with Gasteiger partial charge in [0.1, 0.15) is 12.1 Å². The maximum Gasteiger partial charge on any atom is 0.321 e. The third-order valence-electron chi connectivity index (χ3n) is 4.04. The van der Waals surface area contributed by atoms with Gasteiger partial charge in [-0.2, -0.15) is 0 Å². The zero-order valence-electron chi connectivity index (χ0n) is 16.6. The molecule has 0 bridgehead atoms. The Hall–Kier alpha value is -2.41. The third-order valence-corrected chi connectivity index (χ3v) is 4.04. The molecule has 0 aliphatic heterocycles. The van der Waals surface area contributed by atoms with Crippen LogP contribution in [0.2, 0.25) is 0 Å². The monoisotopic (exact) mass is 378 g/mol. The molecule has 2 atom stereocenters. The smallest absolute Gasteiger partial charge is 0.321 e. The number of carbonyl (C=O) groups excluding carboxylic acids is 1. The molecule has 7 heteroatoms. The number of carboxylic acid groups (broad SMARTS) is 2. The van der Waals surface area contributed by atoms with Crippen molar-refractivity contribution >= 4 is 23.5 Å². The molecule has 0 aromatic heterocycles. The summed E-state index contributed by atoms with van der Waals surface area (Å²) in [7, 11) is 0.